The van der Waals surface area contributed by atoms with Crippen LogP contribution in [0.2, 0.25) is 0 Å². The Bertz CT molecular complexity index is 991. The fourth-order valence-corrected chi connectivity index (χ4v) is 4.72. The molecule has 1 aliphatic rings. The van der Waals surface area contributed by atoms with Crippen LogP contribution in [0.4, 0.5) is 0 Å². The van der Waals surface area contributed by atoms with Crippen molar-refractivity contribution < 1.29 is 4.79 Å². The van der Waals surface area contributed by atoms with Crippen LogP contribution in [0.3, 0.4) is 0 Å². The highest BCUT2D eigenvalue weighted by Gasteiger charge is 2.20. The number of amides is 1. The summed E-state index contributed by atoms with van der Waals surface area (Å²) in [5.74, 6) is 1.02. The summed E-state index contributed by atoms with van der Waals surface area (Å²) < 4.78 is 0. The lowest BCUT2D eigenvalue weighted by atomic mass is 10.1. The van der Waals surface area contributed by atoms with E-state index in [-0.39, 0.29) is 5.91 Å². The van der Waals surface area contributed by atoms with Crippen LogP contribution < -0.4 is 0 Å². The Labute approximate surface area is 189 Å². The number of benzene rings is 2. The summed E-state index contributed by atoms with van der Waals surface area (Å²) in [5, 5.41) is 0. The van der Waals surface area contributed by atoms with Gasteiger partial charge in [0.05, 0.1) is 0 Å². The van der Waals surface area contributed by atoms with E-state index in [4.69, 9.17) is 0 Å². The van der Waals surface area contributed by atoms with E-state index in [2.05, 4.69) is 59.3 Å². The zero-order valence-corrected chi connectivity index (χ0v) is 18.9. The molecule has 1 amide bonds. The molecular weight excluding hydrogens is 402 g/mol. The van der Waals surface area contributed by atoms with E-state index >= 15 is 0 Å². The molecule has 1 saturated heterocycles. The number of nitrogens with zero attached hydrogens (tertiary/aromatic N) is 3. The molecule has 1 aromatic heterocycles. The summed E-state index contributed by atoms with van der Waals surface area (Å²) in [6.45, 7) is 6.67. The molecule has 1 aliphatic heterocycles. The first-order valence-electron chi connectivity index (χ1n) is 10.9. The lowest BCUT2D eigenvalue weighted by molar-refractivity contribution is 0.0761. The second-order valence-corrected chi connectivity index (χ2v) is 9.07. The maximum Gasteiger partial charge on any atom is 0.253 e. The van der Waals surface area contributed by atoms with Crippen LogP contribution in [0.1, 0.15) is 33.5 Å². The number of rotatable bonds is 6. The second kappa shape index (κ2) is 10.6. The number of carbonyl (C=O) groups is 1. The molecule has 31 heavy (non-hydrogen) atoms. The third-order valence-corrected chi connectivity index (χ3v) is 6.84. The standard InChI is InChI=1S/C26H29N3OS/c1-21-6-2-3-8-24(21)19-28-14-5-15-29(17-16-28)26(30)23-9-11-25(12-10-23)31-20-22-7-4-13-27-18-22/h2-4,6-13,18H,5,14-17,19-20H2,1H3. The van der Waals surface area contributed by atoms with Gasteiger partial charge in [-0.25, -0.2) is 0 Å². The topological polar surface area (TPSA) is 36.4 Å². The van der Waals surface area contributed by atoms with Crippen LogP contribution in [0.15, 0.2) is 78.0 Å². The van der Waals surface area contributed by atoms with E-state index in [0.29, 0.717) is 0 Å². The quantitative estimate of drug-likeness (QED) is 0.513. The van der Waals surface area contributed by atoms with E-state index in [0.717, 1.165) is 50.5 Å². The first-order valence-corrected chi connectivity index (χ1v) is 11.9. The van der Waals surface area contributed by atoms with Crippen molar-refractivity contribution in [2.24, 2.45) is 0 Å². The van der Waals surface area contributed by atoms with Gasteiger partial charge in [0.25, 0.3) is 5.91 Å². The van der Waals surface area contributed by atoms with Crippen molar-refractivity contribution in [3.8, 4) is 0 Å². The average molecular weight is 432 g/mol. The number of aromatic nitrogens is 1. The average Bonchev–Trinajstić information content (AvgIpc) is 3.05. The summed E-state index contributed by atoms with van der Waals surface area (Å²) in [4.78, 5) is 22.9. The molecule has 0 saturated carbocycles. The highest BCUT2D eigenvalue weighted by atomic mass is 32.2. The van der Waals surface area contributed by atoms with Gasteiger partial charge in [0, 0.05) is 61.3 Å². The van der Waals surface area contributed by atoms with Gasteiger partial charge in [-0.1, -0.05) is 30.3 Å². The molecule has 0 radical (unpaired) electrons. The van der Waals surface area contributed by atoms with E-state index in [1.54, 1.807) is 18.0 Å². The Balaban J connectivity index is 1.31. The van der Waals surface area contributed by atoms with Gasteiger partial charge in [-0.15, -0.1) is 11.8 Å². The maximum atomic E-state index is 13.1. The third kappa shape index (κ3) is 5.96. The van der Waals surface area contributed by atoms with Gasteiger partial charge in [0.1, 0.15) is 0 Å². The minimum absolute atomic E-state index is 0.140. The molecule has 0 bridgehead atoms. The van der Waals surface area contributed by atoms with Gasteiger partial charge >= 0.3 is 0 Å². The van der Waals surface area contributed by atoms with Crippen molar-refractivity contribution >= 4 is 17.7 Å². The number of hydrogen-bond donors (Lipinski definition) is 0. The van der Waals surface area contributed by atoms with Crippen molar-refractivity contribution in [3.05, 3.63) is 95.3 Å². The molecule has 0 N–H and O–H groups in total. The van der Waals surface area contributed by atoms with Crippen LogP contribution in [0, 0.1) is 6.92 Å². The number of aryl methyl sites for hydroxylation is 1. The predicted molar refractivity (Wildman–Crippen MR) is 127 cm³/mol. The van der Waals surface area contributed by atoms with Gasteiger partial charge in [-0.05, 0) is 60.4 Å². The van der Waals surface area contributed by atoms with E-state index in [9.17, 15) is 4.79 Å². The molecule has 4 nitrogen and oxygen atoms in total. The smallest absolute Gasteiger partial charge is 0.253 e. The Morgan fingerprint density at radius 3 is 2.58 bits per heavy atom. The van der Waals surface area contributed by atoms with Gasteiger partial charge in [-0.3, -0.25) is 14.7 Å². The van der Waals surface area contributed by atoms with Gasteiger partial charge in [-0.2, -0.15) is 0 Å². The monoisotopic (exact) mass is 431 g/mol. The number of pyridine rings is 1. The number of carbonyl (C=O) groups excluding carboxylic acids is 1. The SMILES string of the molecule is Cc1ccccc1CN1CCCN(C(=O)c2ccc(SCc3cccnc3)cc2)CC1. The Kier molecular flexibility index (Phi) is 7.39. The largest absolute Gasteiger partial charge is 0.337 e. The summed E-state index contributed by atoms with van der Waals surface area (Å²) in [5.41, 5.74) is 4.69. The van der Waals surface area contributed by atoms with Crippen molar-refractivity contribution in [3.63, 3.8) is 0 Å². The van der Waals surface area contributed by atoms with Crippen molar-refractivity contribution in [2.75, 3.05) is 26.2 Å². The molecule has 0 unspecified atom stereocenters. The predicted octanol–water partition coefficient (Wildman–Crippen LogP) is 5.03. The molecule has 160 valence electrons. The summed E-state index contributed by atoms with van der Waals surface area (Å²) in [6, 6.07) is 20.6. The van der Waals surface area contributed by atoms with Crippen LogP contribution in [-0.2, 0) is 12.3 Å². The minimum atomic E-state index is 0.140. The minimum Gasteiger partial charge on any atom is -0.337 e. The molecule has 1 fully saturated rings. The lowest BCUT2D eigenvalue weighted by Crippen LogP contribution is -2.35. The molecule has 2 heterocycles. The Morgan fingerprint density at radius 2 is 1.81 bits per heavy atom. The Hall–Kier alpha value is -2.63. The summed E-state index contributed by atoms with van der Waals surface area (Å²) in [7, 11) is 0. The summed E-state index contributed by atoms with van der Waals surface area (Å²) >= 11 is 1.76. The number of hydrogen-bond acceptors (Lipinski definition) is 4. The molecule has 0 atom stereocenters. The first-order chi connectivity index (χ1) is 15.2. The van der Waals surface area contributed by atoms with Gasteiger partial charge in [0.2, 0.25) is 0 Å². The highest BCUT2D eigenvalue weighted by molar-refractivity contribution is 7.98. The van der Waals surface area contributed by atoms with Crippen LogP contribution in [0.25, 0.3) is 0 Å². The fraction of sp³-hybridized carbons (Fsp3) is 0.308. The molecule has 4 rings (SSSR count). The zero-order chi connectivity index (χ0) is 21.5. The summed E-state index contributed by atoms with van der Waals surface area (Å²) in [6.07, 6.45) is 4.70. The molecule has 5 heteroatoms. The van der Waals surface area contributed by atoms with Crippen molar-refractivity contribution in [1.82, 2.24) is 14.8 Å². The fourth-order valence-electron chi connectivity index (χ4n) is 3.89. The first kappa shape index (κ1) is 21.6. The molecular formula is C26H29N3OS. The highest BCUT2D eigenvalue weighted by Crippen LogP contribution is 2.23. The maximum absolute atomic E-state index is 13.1. The van der Waals surface area contributed by atoms with E-state index in [1.165, 1.54) is 21.6 Å². The van der Waals surface area contributed by atoms with Crippen LogP contribution >= 0.6 is 11.8 Å². The normalized spacial score (nSPS) is 14.9. The molecule has 0 spiro atoms. The molecule has 0 aliphatic carbocycles. The second-order valence-electron chi connectivity index (χ2n) is 8.02. The number of thioether (sulfide) groups is 1. The van der Waals surface area contributed by atoms with E-state index in [1.807, 2.05) is 29.3 Å². The van der Waals surface area contributed by atoms with Crippen molar-refractivity contribution in [1.29, 1.82) is 0 Å². The zero-order valence-electron chi connectivity index (χ0n) is 18.0. The lowest BCUT2D eigenvalue weighted by Gasteiger charge is -2.22. The molecule has 2 aromatic carbocycles. The van der Waals surface area contributed by atoms with Gasteiger partial charge in [0.15, 0.2) is 0 Å². The van der Waals surface area contributed by atoms with Gasteiger partial charge < -0.3 is 4.90 Å². The molecule has 3 aromatic rings. The third-order valence-electron chi connectivity index (χ3n) is 5.76. The van der Waals surface area contributed by atoms with Crippen LogP contribution in [0.5, 0.6) is 0 Å². The van der Waals surface area contributed by atoms with E-state index < -0.39 is 0 Å². The van der Waals surface area contributed by atoms with Crippen LogP contribution in [-0.4, -0.2) is 46.9 Å². The van der Waals surface area contributed by atoms with Crippen molar-refractivity contribution in [2.45, 2.75) is 30.5 Å². The Morgan fingerprint density at radius 1 is 0.968 bits per heavy atom.